The Morgan fingerprint density at radius 1 is 1.33 bits per heavy atom. The molecule has 1 amide bonds. The van der Waals surface area contributed by atoms with Gasteiger partial charge in [0.1, 0.15) is 4.90 Å². The summed E-state index contributed by atoms with van der Waals surface area (Å²) in [5.41, 5.74) is 1.02. The molecule has 1 atom stereocenters. The van der Waals surface area contributed by atoms with E-state index >= 15 is 0 Å². The first-order chi connectivity index (χ1) is 9.72. The fourth-order valence-corrected chi connectivity index (χ4v) is 4.73. The number of carbonyl (C=O) groups excluding carboxylic acids is 1. The molecule has 0 aliphatic carbocycles. The molecule has 1 unspecified atom stereocenters. The van der Waals surface area contributed by atoms with Gasteiger partial charge < -0.3 is 5.32 Å². The molecule has 1 saturated heterocycles. The number of aryl methyl sites for hydroxylation is 1. The third kappa shape index (κ3) is 3.51. The van der Waals surface area contributed by atoms with E-state index in [2.05, 4.69) is 10.0 Å². The lowest BCUT2D eigenvalue weighted by molar-refractivity contribution is -0.122. The van der Waals surface area contributed by atoms with Crippen molar-refractivity contribution in [1.82, 2.24) is 10.0 Å². The predicted octanol–water partition coefficient (Wildman–Crippen LogP) is 2.17. The van der Waals surface area contributed by atoms with Gasteiger partial charge in [-0.25, -0.2) is 13.1 Å². The fraction of sp³-hybridized carbons (Fsp3) is 0.462. The van der Waals surface area contributed by atoms with Gasteiger partial charge in [0.2, 0.25) is 15.9 Å². The molecule has 0 radical (unpaired) electrons. The van der Waals surface area contributed by atoms with E-state index in [1.54, 1.807) is 19.9 Å². The van der Waals surface area contributed by atoms with Crippen LogP contribution in [-0.2, 0) is 14.8 Å². The number of benzene rings is 1. The second kappa shape index (κ2) is 6.12. The normalized spacial score (nSPS) is 19.4. The van der Waals surface area contributed by atoms with Crippen LogP contribution in [0, 0.1) is 13.8 Å². The lowest BCUT2D eigenvalue weighted by Gasteiger charge is -2.24. The van der Waals surface area contributed by atoms with Crippen molar-refractivity contribution < 1.29 is 13.2 Å². The molecule has 0 spiro atoms. The number of halogens is 2. The van der Waals surface area contributed by atoms with E-state index < -0.39 is 10.0 Å². The van der Waals surface area contributed by atoms with Gasteiger partial charge in [-0.1, -0.05) is 23.2 Å². The largest absolute Gasteiger partial charge is 0.355 e. The average Bonchev–Trinajstić information content (AvgIpc) is 2.39. The molecule has 0 aromatic heterocycles. The van der Waals surface area contributed by atoms with Crippen LogP contribution >= 0.6 is 23.2 Å². The van der Waals surface area contributed by atoms with Gasteiger partial charge in [0.05, 0.1) is 5.02 Å². The van der Waals surface area contributed by atoms with E-state index in [4.69, 9.17) is 23.2 Å². The lowest BCUT2D eigenvalue weighted by Crippen LogP contribution is -2.47. The quantitative estimate of drug-likeness (QED) is 0.876. The zero-order valence-corrected chi connectivity index (χ0v) is 14.0. The third-order valence-corrected chi connectivity index (χ3v) is 6.13. The van der Waals surface area contributed by atoms with Crippen LogP contribution in [0.25, 0.3) is 0 Å². The second-order valence-corrected chi connectivity index (χ2v) is 7.54. The highest BCUT2D eigenvalue weighted by atomic mass is 35.5. The molecule has 0 bridgehead atoms. The summed E-state index contributed by atoms with van der Waals surface area (Å²) in [7, 11) is -3.80. The minimum Gasteiger partial charge on any atom is -0.355 e. The first kappa shape index (κ1) is 16.5. The Bertz CT molecular complexity index is 653. The van der Waals surface area contributed by atoms with Crippen LogP contribution < -0.4 is 10.0 Å². The smallest absolute Gasteiger partial charge is 0.242 e. The minimum atomic E-state index is -3.80. The standard InChI is InChI=1S/C13H16Cl2N2O3S/c1-7-5-10(14)8(2)13(12(7)15)21(19,20)17-9-3-4-11(18)16-6-9/h5,9,17H,3-4,6H2,1-2H3,(H,16,18). The Morgan fingerprint density at radius 3 is 2.57 bits per heavy atom. The van der Waals surface area contributed by atoms with Gasteiger partial charge in [0, 0.05) is 24.0 Å². The number of amides is 1. The first-order valence-corrected chi connectivity index (χ1v) is 8.70. The summed E-state index contributed by atoms with van der Waals surface area (Å²) in [5.74, 6) is -0.0711. The first-order valence-electron chi connectivity index (χ1n) is 6.46. The highest BCUT2D eigenvalue weighted by Crippen LogP contribution is 2.33. The summed E-state index contributed by atoms with van der Waals surface area (Å²) in [6.07, 6.45) is 0.760. The molecule has 8 heteroatoms. The lowest BCUT2D eigenvalue weighted by atomic mass is 10.1. The van der Waals surface area contributed by atoms with Gasteiger partial charge in [0.15, 0.2) is 0 Å². The van der Waals surface area contributed by atoms with Gasteiger partial charge in [0.25, 0.3) is 0 Å². The van der Waals surface area contributed by atoms with Gasteiger partial charge in [-0.05, 0) is 37.5 Å². The van der Waals surface area contributed by atoms with Crippen LogP contribution in [0.2, 0.25) is 10.0 Å². The van der Waals surface area contributed by atoms with Crippen LogP contribution in [0.1, 0.15) is 24.0 Å². The van der Waals surface area contributed by atoms with E-state index in [1.165, 1.54) is 0 Å². The third-order valence-electron chi connectivity index (χ3n) is 3.44. The molecule has 116 valence electrons. The highest BCUT2D eigenvalue weighted by Gasteiger charge is 2.28. The maximum atomic E-state index is 12.6. The maximum Gasteiger partial charge on any atom is 0.242 e. The van der Waals surface area contributed by atoms with Crippen molar-refractivity contribution in [2.45, 2.75) is 37.6 Å². The van der Waals surface area contributed by atoms with Crippen molar-refractivity contribution in [1.29, 1.82) is 0 Å². The average molecular weight is 351 g/mol. The number of piperidine rings is 1. The summed E-state index contributed by atoms with van der Waals surface area (Å²) in [6.45, 7) is 3.59. The summed E-state index contributed by atoms with van der Waals surface area (Å²) < 4.78 is 27.7. The second-order valence-electron chi connectivity index (χ2n) is 5.10. The topological polar surface area (TPSA) is 75.3 Å². The number of rotatable bonds is 3. The Labute approximate surface area is 134 Å². The molecule has 1 aromatic rings. The van der Waals surface area contributed by atoms with Crippen molar-refractivity contribution in [2.24, 2.45) is 0 Å². The summed E-state index contributed by atoms with van der Waals surface area (Å²) in [6, 6.07) is 1.29. The van der Waals surface area contributed by atoms with Gasteiger partial charge >= 0.3 is 0 Å². The van der Waals surface area contributed by atoms with E-state index in [1.807, 2.05) is 0 Å². The number of sulfonamides is 1. The molecule has 5 nitrogen and oxygen atoms in total. The van der Waals surface area contributed by atoms with Crippen molar-refractivity contribution in [3.63, 3.8) is 0 Å². The molecule has 1 aliphatic rings. The van der Waals surface area contributed by atoms with E-state index in [0.29, 0.717) is 29.0 Å². The van der Waals surface area contributed by atoms with Gasteiger partial charge in [-0.2, -0.15) is 0 Å². The van der Waals surface area contributed by atoms with E-state index in [9.17, 15) is 13.2 Å². The number of hydrogen-bond donors (Lipinski definition) is 2. The number of hydrogen-bond acceptors (Lipinski definition) is 3. The summed E-state index contributed by atoms with van der Waals surface area (Å²) in [4.78, 5) is 11.1. The molecule has 1 aliphatic heterocycles. The van der Waals surface area contributed by atoms with Crippen molar-refractivity contribution in [2.75, 3.05) is 6.54 Å². The van der Waals surface area contributed by atoms with Crippen molar-refractivity contribution >= 4 is 39.1 Å². The molecular weight excluding hydrogens is 335 g/mol. The molecule has 1 fully saturated rings. The molecule has 21 heavy (non-hydrogen) atoms. The number of carbonyl (C=O) groups is 1. The van der Waals surface area contributed by atoms with E-state index in [-0.39, 0.29) is 28.4 Å². The molecule has 2 rings (SSSR count). The Kier molecular flexibility index (Phi) is 4.82. The Hall–Kier alpha value is -0.820. The zero-order chi connectivity index (χ0) is 15.8. The van der Waals surface area contributed by atoms with Gasteiger partial charge in [-0.15, -0.1) is 0 Å². The van der Waals surface area contributed by atoms with Crippen LogP contribution in [0.3, 0.4) is 0 Å². The van der Waals surface area contributed by atoms with Crippen LogP contribution in [-0.4, -0.2) is 26.9 Å². The molecular formula is C13H16Cl2N2O3S. The Morgan fingerprint density at radius 2 is 2.00 bits per heavy atom. The minimum absolute atomic E-state index is 0.00562. The fourth-order valence-electron chi connectivity index (χ4n) is 2.25. The predicted molar refractivity (Wildman–Crippen MR) is 82.3 cm³/mol. The SMILES string of the molecule is Cc1cc(Cl)c(C)c(S(=O)(=O)NC2CCC(=O)NC2)c1Cl. The van der Waals surface area contributed by atoms with Crippen molar-refractivity contribution in [3.8, 4) is 0 Å². The van der Waals surface area contributed by atoms with Crippen LogP contribution in [0.4, 0.5) is 0 Å². The van der Waals surface area contributed by atoms with Crippen LogP contribution in [0.5, 0.6) is 0 Å². The van der Waals surface area contributed by atoms with Crippen LogP contribution in [0.15, 0.2) is 11.0 Å². The number of nitrogens with one attached hydrogen (secondary N) is 2. The maximum absolute atomic E-state index is 12.6. The highest BCUT2D eigenvalue weighted by molar-refractivity contribution is 7.89. The zero-order valence-electron chi connectivity index (χ0n) is 11.7. The molecule has 1 heterocycles. The van der Waals surface area contributed by atoms with Crippen molar-refractivity contribution in [3.05, 3.63) is 27.2 Å². The molecule has 2 N–H and O–H groups in total. The summed E-state index contributed by atoms with van der Waals surface area (Å²) >= 11 is 12.2. The Balaban J connectivity index is 2.34. The monoisotopic (exact) mass is 350 g/mol. The van der Waals surface area contributed by atoms with E-state index in [0.717, 1.165) is 0 Å². The summed E-state index contributed by atoms with van der Waals surface area (Å²) in [5, 5.41) is 3.16. The molecule has 0 saturated carbocycles. The van der Waals surface area contributed by atoms with Gasteiger partial charge in [-0.3, -0.25) is 4.79 Å². The molecule has 1 aromatic carbocycles.